The van der Waals surface area contributed by atoms with Crippen molar-refractivity contribution >= 4 is 21.6 Å². The number of nitrogens with zero attached hydrogens (tertiary/aromatic N) is 1. The molecule has 0 spiro atoms. The average Bonchev–Trinajstić information content (AvgIpc) is 2.22. The molecular weight excluding hydrogens is 271 g/mol. The number of rotatable bonds is 1. The van der Waals surface area contributed by atoms with Crippen molar-refractivity contribution in [2.24, 2.45) is 11.7 Å². The summed E-state index contributed by atoms with van der Waals surface area (Å²) in [6, 6.07) is 5.12. The third-order valence-electron chi connectivity index (χ3n) is 3.22. The molecule has 0 bridgehead atoms. The Morgan fingerprint density at radius 1 is 1.50 bits per heavy atom. The first-order valence-electron chi connectivity index (χ1n) is 5.53. The maximum atomic E-state index is 13.0. The Bertz CT molecular complexity index is 383. The predicted molar refractivity (Wildman–Crippen MR) is 68.1 cm³/mol. The van der Waals surface area contributed by atoms with Gasteiger partial charge in [-0.2, -0.15) is 0 Å². The number of nitrogens with two attached hydrogens (primary N) is 1. The molecule has 1 aromatic carbocycles. The fourth-order valence-corrected chi connectivity index (χ4v) is 2.72. The van der Waals surface area contributed by atoms with Gasteiger partial charge in [-0.25, -0.2) is 4.39 Å². The lowest BCUT2D eigenvalue weighted by Gasteiger charge is -2.37. The van der Waals surface area contributed by atoms with Gasteiger partial charge in [0.2, 0.25) is 0 Å². The van der Waals surface area contributed by atoms with Gasteiger partial charge in [0, 0.05) is 23.6 Å². The van der Waals surface area contributed by atoms with E-state index < -0.39 is 0 Å². The molecule has 0 aliphatic carbocycles. The molecule has 2 nitrogen and oxygen atoms in total. The number of benzene rings is 1. The molecule has 1 heterocycles. The molecule has 0 amide bonds. The number of hydrogen-bond acceptors (Lipinski definition) is 2. The van der Waals surface area contributed by atoms with Gasteiger partial charge in [-0.15, -0.1) is 0 Å². The van der Waals surface area contributed by atoms with Crippen LogP contribution in [0, 0.1) is 11.7 Å². The highest BCUT2D eigenvalue weighted by Crippen LogP contribution is 2.30. The lowest BCUT2D eigenvalue weighted by molar-refractivity contribution is 0.382. The minimum absolute atomic E-state index is 0.211. The smallest absolute Gasteiger partial charge is 0.124 e. The molecule has 1 fully saturated rings. The molecule has 1 aromatic rings. The molecular formula is C12H16BrFN2. The van der Waals surface area contributed by atoms with Crippen LogP contribution < -0.4 is 10.6 Å². The lowest BCUT2D eigenvalue weighted by Crippen LogP contribution is -2.46. The van der Waals surface area contributed by atoms with Crippen LogP contribution >= 0.6 is 15.9 Å². The Hall–Kier alpha value is -0.610. The van der Waals surface area contributed by atoms with Crippen LogP contribution in [0.3, 0.4) is 0 Å². The summed E-state index contributed by atoms with van der Waals surface area (Å²) in [6.07, 6.45) is 0.991. The molecule has 2 unspecified atom stereocenters. The van der Waals surface area contributed by atoms with Crippen LogP contribution in [0.2, 0.25) is 0 Å². The Labute approximate surface area is 104 Å². The molecule has 1 saturated heterocycles. The van der Waals surface area contributed by atoms with Crippen molar-refractivity contribution in [3.8, 4) is 0 Å². The van der Waals surface area contributed by atoms with Crippen LogP contribution in [0.15, 0.2) is 22.7 Å². The number of piperidine rings is 1. The summed E-state index contributed by atoms with van der Waals surface area (Å²) in [6.45, 7) is 4.04. The van der Waals surface area contributed by atoms with E-state index in [0.717, 1.165) is 29.7 Å². The molecule has 88 valence electrons. The summed E-state index contributed by atoms with van der Waals surface area (Å²) in [5.74, 6) is 0.267. The highest BCUT2D eigenvalue weighted by Gasteiger charge is 2.24. The van der Waals surface area contributed by atoms with Crippen molar-refractivity contribution in [2.45, 2.75) is 19.4 Å². The second-order valence-corrected chi connectivity index (χ2v) is 5.33. The van der Waals surface area contributed by atoms with Crippen LogP contribution in [0.1, 0.15) is 13.3 Å². The summed E-state index contributed by atoms with van der Waals surface area (Å²) in [4.78, 5) is 2.26. The van der Waals surface area contributed by atoms with E-state index in [0.29, 0.717) is 5.92 Å². The standard InChI is InChI=1S/C12H16BrFN2/c1-8-7-16(5-4-11(8)15)12-3-2-9(14)6-10(12)13/h2-3,6,8,11H,4-5,7,15H2,1H3. The molecule has 0 saturated carbocycles. The molecule has 0 aromatic heterocycles. The van der Waals surface area contributed by atoms with E-state index in [1.165, 1.54) is 12.1 Å². The normalized spacial score (nSPS) is 25.9. The zero-order chi connectivity index (χ0) is 11.7. The maximum absolute atomic E-state index is 13.0. The molecule has 1 aliphatic heterocycles. The summed E-state index contributed by atoms with van der Waals surface area (Å²) in [7, 11) is 0. The Morgan fingerprint density at radius 2 is 2.25 bits per heavy atom. The second-order valence-electron chi connectivity index (χ2n) is 4.47. The number of halogens is 2. The van der Waals surface area contributed by atoms with Crippen LogP contribution in [-0.4, -0.2) is 19.1 Å². The molecule has 16 heavy (non-hydrogen) atoms. The van der Waals surface area contributed by atoms with Crippen molar-refractivity contribution in [1.82, 2.24) is 0 Å². The molecule has 2 N–H and O–H groups in total. The summed E-state index contributed by atoms with van der Waals surface area (Å²) < 4.78 is 13.8. The van der Waals surface area contributed by atoms with E-state index in [9.17, 15) is 4.39 Å². The number of anilines is 1. The summed E-state index contributed by atoms with van der Waals surface area (Å²) >= 11 is 3.40. The van der Waals surface area contributed by atoms with Gasteiger partial charge >= 0.3 is 0 Å². The summed E-state index contributed by atoms with van der Waals surface area (Å²) in [5, 5.41) is 0. The zero-order valence-electron chi connectivity index (χ0n) is 9.29. The zero-order valence-corrected chi connectivity index (χ0v) is 10.9. The van der Waals surface area contributed by atoms with Gasteiger partial charge in [-0.1, -0.05) is 6.92 Å². The summed E-state index contributed by atoms with van der Waals surface area (Å²) in [5.41, 5.74) is 7.04. The molecule has 4 heteroatoms. The highest BCUT2D eigenvalue weighted by molar-refractivity contribution is 9.10. The van der Waals surface area contributed by atoms with Gasteiger partial charge in [0.05, 0.1) is 5.69 Å². The van der Waals surface area contributed by atoms with Crippen LogP contribution in [0.25, 0.3) is 0 Å². The first-order valence-corrected chi connectivity index (χ1v) is 6.33. The van der Waals surface area contributed by atoms with Gasteiger partial charge in [-0.05, 0) is 46.5 Å². The first-order chi connectivity index (χ1) is 7.58. The van der Waals surface area contributed by atoms with Gasteiger partial charge < -0.3 is 10.6 Å². The number of hydrogen-bond donors (Lipinski definition) is 1. The molecule has 2 atom stereocenters. The van der Waals surface area contributed by atoms with Crippen molar-refractivity contribution in [3.05, 3.63) is 28.5 Å². The maximum Gasteiger partial charge on any atom is 0.124 e. The third-order valence-corrected chi connectivity index (χ3v) is 3.86. The fourth-order valence-electron chi connectivity index (χ4n) is 2.12. The van der Waals surface area contributed by atoms with Crippen molar-refractivity contribution in [3.63, 3.8) is 0 Å². The van der Waals surface area contributed by atoms with Crippen molar-refractivity contribution < 1.29 is 4.39 Å². The van der Waals surface area contributed by atoms with Crippen molar-refractivity contribution in [1.29, 1.82) is 0 Å². The van der Waals surface area contributed by atoms with E-state index in [-0.39, 0.29) is 11.9 Å². The van der Waals surface area contributed by atoms with Crippen LogP contribution in [0.5, 0.6) is 0 Å². The quantitative estimate of drug-likeness (QED) is 0.860. The largest absolute Gasteiger partial charge is 0.370 e. The second kappa shape index (κ2) is 4.72. The predicted octanol–water partition coefficient (Wildman–Crippen LogP) is 2.76. The van der Waals surface area contributed by atoms with E-state index in [1.54, 1.807) is 0 Å². The first kappa shape index (κ1) is 11.9. The monoisotopic (exact) mass is 286 g/mol. The van der Waals surface area contributed by atoms with Gasteiger partial charge in [0.25, 0.3) is 0 Å². The van der Waals surface area contributed by atoms with Gasteiger partial charge in [0.1, 0.15) is 5.82 Å². The Balaban J connectivity index is 2.18. The van der Waals surface area contributed by atoms with E-state index >= 15 is 0 Å². The van der Waals surface area contributed by atoms with Gasteiger partial charge in [-0.3, -0.25) is 0 Å². The Kier molecular flexibility index (Phi) is 3.50. The molecule has 2 rings (SSSR count). The molecule has 1 aliphatic rings. The molecule has 0 radical (unpaired) electrons. The van der Waals surface area contributed by atoms with Crippen molar-refractivity contribution in [2.75, 3.05) is 18.0 Å². The van der Waals surface area contributed by atoms with E-state index in [1.807, 2.05) is 6.07 Å². The van der Waals surface area contributed by atoms with Gasteiger partial charge in [0.15, 0.2) is 0 Å². The minimum Gasteiger partial charge on any atom is -0.370 e. The Morgan fingerprint density at radius 3 is 2.88 bits per heavy atom. The minimum atomic E-state index is -0.211. The van der Waals surface area contributed by atoms with E-state index in [4.69, 9.17) is 5.73 Å². The third kappa shape index (κ3) is 2.38. The van der Waals surface area contributed by atoms with Crippen LogP contribution in [-0.2, 0) is 0 Å². The van der Waals surface area contributed by atoms with Crippen LogP contribution in [0.4, 0.5) is 10.1 Å². The lowest BCUT2D eigenvalue weighted by atomic mass is 9.94. The highest BCUT2D eigenvalue weighted by atomic mass is 79.9. The fraction of sp³-hybridized carbons (Fsp3) is 0.500. The van der Waals surface area contributed by atoms with E-state index in [2.05, 4.69) is 27.8 Å². The SMILES string of the molecule is CC1CN(c2ccc(F)cc2Br)CCC1N. The average molecular weight is 287 g/mol. The topological polar surface area (TPSA) is 29.3 Å².